The molecule has 5 rings (SSSR count). The molecule has 1 fully saturated rings. The van der Waals surface area contributed by atoms with Crippen molar-refractivity contribution in [1.29, 1.82) is 5.41 Å². The number of carbonyl (C=O) groups excluding carboxylic acids is 11. The minimum atomic E-state index is -1.83. The SMILES string of the molecule is CNC(=N)NCCC[C@H](NC(=O)[C@H](CC(C)C)NC(=O)NNC(=O)[C@H](Cc1ccccc1)NC(=O)[C@@H](NC(=O)[C@H](CC(N)=O)NC(=O)C1CN(C(=O)[C@@H](Cc2ccc(O)cc2)NC(C)=O)C1)[C@@H](C)O)C(=O)N[C@@H](Cc1c[nH]c2ccccc12)C(N)=O. The average molecular weight is 1200 g/mol. The summed E-state index contributed by atoms with van der Waals surface area (Å²) in [4.78, 5) is 152. The van der Waals surface area contributed by atoms with Crippen LogP contribution in [-0.4, -0.2) is 166 Å². The number of guanidine groups is 1. The van der Waals surface area contributed by atoms with Crippen LogP contribution in [0.1, 0.15) is 70.1 Å². The molecule has 0 bridgehead atoms. The van der Waals surface area contributed by atoms with Gasteiger partial charge in [-0.25, -0.2) is 10.2 Å². The third-order valence-electron chi connectivity index (χ3n) is 13.9. The molecule has 1 saturated heterocycles. The molecule has 0 aliphatic carbocycles. The van der Waals surface area contributed by atoms with Crippen LogP contribution in [0.2, 0.25) is 0 Å². The van der Waals surface area contributed by atoms with Gasteiger partial charge in [-0.3, -0.25) is 58.8 Å². The molecule has 0 spiro atoms. The number of rotatable bonds is 30. The first-order valence-electron chi connectivity index (χ1n) is 27.9. The van der Waals surface area contributed by atoms with Crippen molar-refractivity contribution in [3.63, 3.8) is 0 Å². The Morgan fingerprint density at radius 1 is 0.663 bits per heavy atom. The van der Waals surface area contributed by atoms with Crippen molar-refractivity contribution < 1.29 is 63.0 Å². The predicted molar refractivity (Wildman–Crippen MR) is 313 cm³/mol. The molecule has 464 valence electrons. The second kappa shape index (κ2) is 32.3. The number of nitrogens with one attached hydrogen (secondary N) is 13. The van der Waals surface area contributed by atoms with Crippen LogP contribution in [0, 0.1) is 17.2 Å². The number of hydrogen-bond acceptors (Lipinski definition) is 14. The van der Waals surface area contributed by atoms with Gasteiger partial charge in [-0.05, 0) is 67.0 Å². The first-order chi connectivity index (χ1) is 40.8. The summed E-state index contributed by atoms with van der Waals surface area (Å²) in [5.74, 6) is -9.49. The van der Waals surface area contributed by atoms with Crippen LogP contribution in [0.5, 0.6) is 5.75 Å². The number of phenolic OH excluding ortho intramolecular Hbond substituents is 1. The molecule has 29 heteroatoms. The van der Waals surface area contributed by atoms with Crippen LogP contribution in [0.4, 0.5) is 4.79 Å². The van der Waals surface area contributed by atoms with Crippen LogP contribution in [-0.2, 0) is 67.2 Å². The molecule has 1 aliphatic rings. The lowest BCUT2D eigenvalue weighted by Gasteiger charge is -2.40. The van der Waals surface area contributed by atoms with Crippen molar-refractivity contribution in [2.45, 2.75) is 121 Å². The van der Waals surface area contributed by atoms with Crippen LogP contribution in [0.3, 0.4) is 0 Å². The number of nitrogens with zero attached hydrogens (tertiary/aromatic N) is 1. The highest BCUT2D eigenvalue weighted by Crippen LogP contribution is 2.21. The zero-order valence-corrected chi connectivity index (χ0v) is 48.4. The third kappa shape index (κ3) is 20.8. The van der Waals surface area contributed by atoms with Gasteiger partial charge >= 0.3 is 6.03 Å². The summed E-state index contributed by atoms with van der Waals surface area (Å²) in [6, 6.07) is 10.7. The summed E-state index contributed by atoms with van der Waals surface area (Å²) in [6.07, 6.45) is -0.537. The first kappa shape index (κ1) is 67.0. The van der Waals surface area contributed by atoms with Gasteiger partial charge in [0.2, 0.25) is 53.2 Å². The zero-order valence-electron chi connectivity index (χ0n) is 48.4. The van der Waals surface area contributed by atoms with Gasteiger partial charge in [-0.1, -0.05) is 74.5 Å². The summed E-state index contributed by atoms with van der Waals surface area (Å²) in [5.41, 5.74) is 18.3. The number of aromatic amines is 1. The smallest absolute Gasteiger partial charge is 0.334 e. The molecular formula is C57H78N16O13. The van der Waals surface area contributed by atoms with E-state index in [4.69, 9.17) is 16.9 Å². The fourth-order valence-corrected chi connectivity index (χ4v) is 9.30. The Balaban J connectivity index is 1.23. The van der Waals surface area contributed by atoms with Crippen molar-refractivity contribution in [2.75, 3.05) is 26.7 Å². The number of likely N-dealkylation sites (tertiary alicyclic amines) is 1. The number of aromatic hydroxyl groups is 1. The Morgan fingerprint density at radius 2 is 1.27 bits per heavy atom. The molecular weight excluding hydrogens is 1120 g/mol. The lowest BCUT2D eigenvalue weighted by Crippen LogP contribution is -2.63. The summed E-state index contributed by atoms with van der Waals surface area (Å²) in [5, 5.41) is 52.2. The predicted octanol–water partition coefficient (Wildman–Crippen LogP) is -2.70. The molecule has 19 N–H and O–H groups in total. The number of phenols is 1. The highest BCUT2D eigenvalue weighted by molar-refractivity contribution is 5.98. The van der Waals surface area contributed by atoms with E-state index in [0.717, 1.165) is 17.8 Å². The molecule has 0 unspecified atom stereocenters. The largest absolute Gasteiger partial charge is 0.508 e. The topological polar surface area (TPSA) is 455 Å². The number of fused-ring (bicyclic) bond motifs is 1. The van der Waals surface area contributed by atoms with E-state index in [1.807, 2.05) is 24.3 Å². The van der Waals surface area contributed by atoms with E-state index in [1.54, 1.807) is 69.6 Å². The van der Waals surface area contributed by atoms with E-state index < -0.39 is 126 Å². The van der Waals surface area contributed by atoms with Crippen molar-refractivity contribution in [2.24, 2.45) is 23.3 Å². The highest BCUT2D eigenvalue weighted by Gasteiger charge is 2.41. The van der Waals surface area contributed by atoms with E-state index in [2.05, 4.69) is 63.7 Å². The first-order valence-corrected chi connectivity index (χ1v) is 27.9. The number of hydrogen-bond donors (Lipinski definition) is 17. The van der Waals surface area contributed by atoms with Crippen molar-refractivity contribution >= 4 is 82.0 Å². The molecule has 0 radical (unpaired) electrons. The Labute approximate surface area is 495 Å². The molecule has 3 aromatic carbocycles. The van der Waals surface area contributed by atoms with Crippen LogP contribution in [0.15, 0.2) is 85.1 Å². The van der Waals surface area contributed by atoms with Crippen molar-refractivity contribution in [3.8, 4) is 5.75 Å². The third-order valence-corrected chi connectivity index (χ3v) is 13.9. The molecule has 0 saturated carbocycles. The second-order valence-electron chi connectivity index (χ2n) is 21.3. The van der Waals surface area contributed by atoms with Gasteiger partial charge in [0.15, 0.2) is 5.96 Å². The quantitative estimate of drug-likeness (QED) is 0.0109. The Hall–Kier alpha value is -9.80. The van der Waals surface area contributed by atoms with Crippen molar-refractivity contribution in [1.82, 2.24) is 68.6 Å². The number of benzene rings is 3. The summed E-state index contributed by atoms with van der Waals surface area (Å²) < 4.78 is 0. The number of aliphatic hydroxyl groups excluding tert-OH is 1. The van der Waals surface area contributed by atoms with Gasteiger partial charge in [0.1, 0.15) is 48.0 Å². The number of hydrazine groups is 1. The molecule has 1 aliphatic heterocycles. The Bertz CT molecular complexity index is 3060. The lowest BCUT2D eigenvalue weighted by molar-refractivity contribution is -0.147. The molecule has 12 amide bonds. The van der Waals surface area contributed by atoms with Gasteiger partial charge in [-0.15, -0.1) is 0 Å². The molecule has 8 atom stereocenters. The molecule has 86 heavy (non-hydrogen) atoms. The number of carbonyl (C=O) groups is 11. The minimum absolute atomic E-state index is 0.00667. The standard InChI is InChI=1S/C57H78N16O13/c1-30(2)22-42(51(81)65-40(16-11-21-62-56(60)61-5)50(80)66-41(48(59)78)25-35-27-63-39-15-10-9-14-38(35)39)69-57(86)72-71-53(83)43(23-33-12-7-6-8-13-33)68-54(84)47(31(3)74)70-52(82)44(26-46(58)77)67-49(79)36-28-73(29-36)55(85)45(64-32(4)75)24-34-17-19-37(76)20-18-34/h6-10,12-15,17-20,27,30-31,36,40-45,47,63,74,76H,11,16,21-26,28-29H2,1-5H3,(H2,58,77)(H2,59,78)(H,64,75)(H,65,81)(H,66,80)(H,67,79)(H,68,84)(H,70,82)(H,71,83)(H3,60,61,62)(H2,69,72,86)/t31-,40+,41+,42+,43+,44+,45-,47+/m1/s1. The normalized spacial score (nSPS) is 14.8. The molecule has 29 nitrogen and oxygen atoms in total. The fraction of sp³-hybridized carbons (Fsp3) is 0.439. The van der Waals surface area contributed by atoms with E-state index in [1.165, 1.54) is 24.0 Å². The molecule has 4 aromatic rings. The zero-order chi connectivity index (χ0) is 63.2. The minimum Gasteiger partial charge on any atom is -0.508 e. The number of primary amides is 2. The van der Waals surface area contributed by atoms with Crippen LogP contribution < -0.4 is 70.2 Å². The fourth-order valence-electron chi connectivity index (χ4n) is 9.30. The molecule has 2 heterocycles. The van der Waals surface area contributed by atoms with Gasteiger partial charge in [0.25, 0.3) is 5.91 Å². The number of aliphatic hydroxyl groups is 1. The van der Waals surface area contributed by atoms with E-state index >= 15 is 0 Å². The summed E-state index contributed by atoms with van der Waals surface area (Å²) >= 11 is 0. The number of H-pyrrole nitrogens is 1. The summed E-state index contributed by atoms with van der Waals surface area (Å²) in [7, 11) is 1.54. The van der Waals surface area contributed by atoms with E-state index in [-0.39, 0.29) is 75.8 Å². The number of aromatic nitrogens is 1. The number of nitrogens with two attached hydrogens (primary N) is 2. The van der Waals surface area contributed by atoms with Crippen molar-refractivity contribution in [3.05, 3.63) is 102 Å². The Morgan fingerprint density at radius 3 is 1.90 bits per heavy atom. The van der Waals surface area contributed by atoms with Crippen LogP contribution >= 0.6 is 0 Å². The average Bonchev–Trinajstić information content (AvgIpc) is 2.28. The van der Waals surface area contributed by atoms with Crippen LogP contribution in [0.25, 0.3) is 10.9 Å². The van der Waals surface area contributed by atoms with E-state index in [9.17, 15) is 63.0 Å². The van der Waals surface area contributed by atoms with Gasteiger partial charge < -0.3 is 79.4 Å². The maximum Gasteiger partial charge on any atom is 0.334 e. The highest BCUT2D eigenvalue weighted by atomic mass is 16.3. The maximum absolute atomic E-state index is 14.1. The molecule has 1 aromatic heterocycles. The summed E-state index contributed by atoms with van der Waals surface area (Å²) in [6.45, 7) is 5.89. The Kier molecular flexibility index (Phi) is 25.2. The van der Waals surface area contributed by atoms with Gasteiger partial charge in [0, 0.05) is 70.0 Å². The number of urea groups is 1. The number of amides is 12. The number of para-hydroxylation sites is 1. The maximum atomic E-state index is 14.1. The van der Waals surface area contributed by atoms with Gasteiger partial charge in [-0.2, -0.15) is 0 Å². The van der Waals surface area contributed by atoms with E-state index in [0.29, 0.717) is 16.7 Å². The monoisotopic (exact) mass is 1190 g/mol. The second-order valence-corrected chi connectivity index (χ2v) is 21.3. The van der Waals surface area contributed by atoms with Gasteiger partial charge in [0.05, 0.1) is 18.4 Å². The lowest BCUT2D eigenvalue weighted by atomic mass is 9.95.